The van der Waals surface area contributed by atoms with Gasteiger partial charge in [0.25, 0.3) is 5.91 Å². The minimum Gasteiger partial charge on any atom is -0.363 e. The maximum Gasteiger partial charge on any atom is 0.284 e. The number of nitrogens with two attached hydrogens (primary N) is 1. The molecular formula is C7H11N3O. The van der Waals surface area contributed by atoms with Gasteiger partial charge in [-0.2, -0.15) is 0 Å². The number of nitrogens with zero attached hydrogens (tertiary/aromatic N) is 1. The monoisotopic (exact) mass is 153 g/mol. The molecule has 0 saturated heterocycles. The number of amides is 1. The fourth-order valence-electron chi connectivity index (χ4n) is 0.881. The molecule has 0 aliphatic carbocycles. The second-order valence-electron chi connectivity index (χ2n) is 2.37. The highest BCUT2D eigenvalue weighted by Gasteiger charge is 2.03. The van der Waals surface area contributed by atoms with Crippen molar-refractivity contribution in [3.8, 4) is 0 Å². The van der Waals surface area contributed by atoms with Gasteiger partial charge >= 0.3 is 0 Å². The van der Waals surface area contributed by atoms with Gasteiger partial charge in [0.15, 0.2) is 5.82 Å². The van der Waals surface area contributed by atoms with Gasteiger partial charge in [0.05, 0.1) is 0 Å². The van der Waals surface area contributed by atoms with Crippen LogP contribution in [0, 0.1) is 0 Å². The maximum absolute atomic E-state index is 10.5. The number of aromatic amines is 1. The molecule has 0 saturated carbocycles. The quantitative estimate of drug-likeness (QED) is 0.662. The Morgan fingerprint density at radius 3 is 3.00 bits per heavy atom. The van der Waals surface area contributed by atoms with Gasteiger partial charge in [-0.1, -0.05) is 13.3 Å². The number of imidazole rings is 1. The van der Waals surface area contributed by atoms with E-state index in [1.165, 1.54) is 0 Å². The average molecular weight is 153 g/mol. The molecule has 0 aliphatic heterocycles. The third kappa shape index (κ3) is 1.80. The lowest BCUT2D eigenvalue weighted by molar-refractivity contribution is 0.0991. The van der Waals surface area contributed by atoms with Crippen molar-refractivity contribution >= 4 is 5.91 Å². The number of rotatable bonds is 3. The molecule has 11 heavy (non-hydrogen) atoms. The molecule has 1 amide bonds. The van der Waals surface area contributed by atoms with E-state index in [-0.39, 0.29) is 5.82 Å². The molecule has 0 aromatic carbocycles. The molecule has 1 rings (SSSR count). The van der Waals surface area contributed by atoms with Crippen LogP contribution in [0.1, 0.15) is 29.7 Å². The molecule has 3 N–H and O–H groups in total. The fraction of sp³-hybridized carbons (Fsp3) is 0.429. The Balaban J connectivity index is 2.73. The fourth-order valence-corrected chi connectivity index (χ4v) is 0.881. The van der Waals surface area contributed by atoms with Crippen LogP contribution in [0.3, 0.4) is 0 Å². The summed E-state index contributed by atoms with van der Waals surface area (Å²) in [7, 11) is 0. The van der Waals surface area contributed by atoms with Crippen LogP contribution in [0.15, 0.2) is 6.20 Å². The Hall–Kier alpha value is -1.32. The number of nitrogens with one attached hydrogen (secondary N) is 1. The second-order valence-corrected chi connectivity index (χ2v) is 2.37. The molecule has 0 spiro atoms. The highest BCUT2D eigenvalue weighted by molar-refractivity contribution is 5.88. The van der Waals surface area contributed by atoms with Crippen molar-refractivity contribution in [2.24, 2.45) is 5.73 Å². The number of aromatic nitrogens is 2. The van der Waals surface area contributed by atoms with E-state index in [9.17, 15) is 4.79 Å². The molecule has 0 bridgehead atoms. The third-order valence-electron chi connectivity index (χ3n) is 1.38. The van der Waals surface area contributed by atoms with Crippen LogP contribution in [0.5, 0.6) is 0 Å². The summed E-state index contributed by atoms with van der Waals surface area (Å²) in [4.78, 5) is 17.2. The molecule has 1 aromatic rings. The van der Waals surface area contributed by atoms with Crippen molar-refractivity contribution in [1.82, 2.24) is 9.97 Å². The van der Waals surface area contributed by atoms with Gasteiger partial charge in [0.1, 0.15) is 0 Å². The summed E-state index contributed by atoms with van der Waals surface area (Å²) < 4.78 is 0. The van der Waals surface area contributed by atoms with Gasteiger partial charge < -0.3 is 10.7 Å². The van der Waals surface area contributed by atoms with Crippen LogP contribution in [0.4, 0.5) is 0 Å². The first kappa shape index (κ1) is 7.78. The zero-order chi connectivity index (χ0) is 8.27. The lowest BCUT2D eigenvalue weighted by atomic mass is 10.3. The molecule has 0 unspecified atom stereocenters. The van der Waals surface area contributed by atoms with Gasteiger partial charge in [-0.05, 0) is 6.42 Å². The molecule has 1 heterocycles. The highest BCUT2D eigenvalue weighted by atomic mass is 16.1. The van der Waals surface area contributed by atoms with Crippen LogP contribution in [0.2, 0.25) is 0 Å². The summed E-state index contributed by atoms with van der Waals surface area (Å²) in [5.74, 6) is -0.263. The molecule has 1 aromatic heterocycles. The van der Waals surface area contributed by atoms with E-state index in [1.54, 1.807) is 6.20 Å². The van der Waals surface area contributed by atoms with Crippen molar-refractivity contribution in [3.63, 3.8) is 0 Å². The van der Waals surface area contributed by atoms with E-state index in [2.05, 4.69) is 16.9 Å². The number of hydrogen-bond acceptors (Lipinski definition) is 2. The second kappa shape index (κ2) is 3.18. The summed E-state index contributed by atoms with van der Waals surface area (Å²) in [6.45, 7) is 2.06. The molecule has 0 aliphatic rings. The van der Waals surface area contributed by atoms with Gasteiger partial charge in [-0.15, -0.1) is 0 Å². The minimum atomic E-state index is -0.507. The maximum atomic E-state index is 10.5. The topological polar surface area (TPSA) is 71.8 Å². The van der Waals surface area contributed by atoms with Crippen LogP contribution in [-0.4, -0.2) is 15.9 Å². The lowest BCUT2D eigenvalue weighted by Crippen LogP contribution is -2.12. The Kier molecular flexibility index (Phi) is 2.25. The molecule has 0 atom stereocenters. The third-order valence-corrected chi connectivity index (χ3v) is 1.38. The Bertz CT molecular complexity index is 254. The summed E-state index contributed by atoms with van der Waals surface area (Å²) in [5.41, 5.74) is 5.95. The number of hydrogen-bond donors (Lipinski definition) is 2. The molecule has 60 valence electrons. The van der Waals surface area contributed by atoms with Crippen LogP contribution in [-0.2, 0) is 6.42 Å². The molecule has 4 nitrogen and oxygen atoms in total. The number of carbonyl (C=O) groups excluding carboxylic acids is 1. The average Bonchev–Trinajstić information content (AvgIpc) is 2.37. The van der Waals surface area contributed by atoms with E-state index >= 15 is 0 Å². The predicted octanol–water partition coefficient (Wildman–Crippen LogP) is 0.461. The van der Waals surface area contributed by atoms with E-state index in [0.717, 1.165) is 18.5 Å². The zero-order valence-electron chi connectivity index (χ0n) is 6.42. The number of aryl methyl sites for hydroxylation is 1. The summed E-state index contributed by atoms with van der Waals surface area (Å²) >= 11 is 0. The molecule has 4 heteroatoms. The smallest absolute Gasteiger partial charge is 0.284 e. The first-order chi connectivity index (χ1) is 5.24. The van der Waals surface area contributed by atoms with Crippen LogP contribution in [0.25, 0.3) is 0 Å². The van der Waals surface area contributed by atoms with Crippen molar-refractivity contribution in [2.75, 3.05) is 0 Å². The Morgan fingerprint density at radius 2 is 2.55 bits per heavy atom. The summed E-state index contributed by atoms with van der Waals surface area (Å²) in [6, 6.07) is 0. The van der Waals surface area contributed by atoms with Crippen molar-refractivity contribution < 1.29 is 4.79 Å². The predicted molar refractivity (Wildman–Crippen MR) is 41.1 cm³/mol. The van der Waals surface area contributed by atoms with Crippen molar-refractivity contribution in [3.05, 3.63) is 17.7 Å². The van der Waals surface area contributed by atoms with Crippen molar-refractivity contribution in [1.29, 1.82) is 0 Å². The highest BCUT2D eigenvalue weighted by Crippen LogP contribution is 1.99. The largest absolute Gasteiger partial charge is 0.363 e. The first-order valence-electron chi connectivity index (χ1n) is 3.57. The van der Waals surface area contributed by atoms with E-state index in [1.807, 2.05) is 0 Å². The van der Waals surface area contributed by atoms with Gasteiger partial charge in [-0.3, -0.25) is 4.79 Å². The van der Waals surface area contributed by atoms with Gasteiger partial charge in [0.2, 0.25) is 0 Å². The molecule has 0 radical (unpaired) electrons. The SMILES string of the molecule is CCCc1cnc(C(N)=O)[nH]1. The first-order valence-corrected chi connectivity index (χ1v) is 3.57. The zero-order valence-corrected chi connectivity index (χ0v) is 6.42. The lowest BCUT2D eigenvalue weighted by Gasteiger charge is -1.89. The molecule has 0 fully saturated rings. The minimum absolute atomic E-state index is 0.244. The van der Waals surface area contributed by atoms with Gasteiger partial charge in [0, 0.05) is 11.9 Å². The van der Waals surface area contributed by atoms with Crippen LogP contribution >= 0.6 is 0 Å². The number of carbonyl (C=O) groups is 1. The van der Waals surface area contributed by atoms with E-state index in [4.69, 9.17) is 5.73 Å². The van der Waals surface area contributed by atoms with Crippen molar-refractivity contribution in [2.45, 2.75) is 19.8 Å². The standard InChI is InChI=1S/C7H11N3O/c1-2-3-5-4-9-7(10-5)6(8)11/h4H,2-3H2,1H3,(H2,8,11)(H,9,10). The normalized spacial score (nSPS) is 9.91. The number of primary amides is 1. The van der Waals surface area contributed by atoms with Crippen LogP contribution < -0.4 is 5.73 Å². The van der Waals surface area contributed by atoms with E-state index in [0.29, 0.717) is 0 Å². The Labute approximate surface area is 64.8 Å². The summed E-state index contributed by atoms with van der Waals surface area (Å²) in [5, 5.41) is 0. The number of H-pyrrole nitrogens is 1. The molecular weight excluding hydrogens is 142 g/mol. The van der Waals surface area contributed by atoms with E-state index < -0.39 is 5.91 Å². The van der Waals surface area contributed by atoms with Gasteiger partial charge in [-0.25, -0.2) is 4.98 Å². The Morgan fingerprint density at radius 1 is 1.82 bits per heavy atom. The summed E-state index contributed by atoms with van der Waals surface area (Å²) in [6.07, 6.45) is 3.57.